The average Bonchev–Trinajstić information content (AvgIpc) is 2.19. The van der Waals surface area contributed by atoms with Crippen LogP contribution in [0.5, 0.6) is 0 Å². The van der Waals surface area contributed by atoms with Crippen LogP contribution in [0.3, 0.4) is 0 Å². The number of aliphatic carboxylic acids is 1. The molecule has 88 valence electrons. The van der Waals surface area contributed by atoms with Crippen molar-refractivity contribution < 1.29 is 14.6 Å². The van der Waals surface area contributed by atoms with Crippen LogP contribution in [0, 0.1) is 0 Å². The molecule has 1 rings (SSSR count). The second-order valence-corrected chi connectivity index (χ2v) is 4.60. The fourth-order valence-electron chi connectivity index (χ4n) is 1.78. The molecule has 0 aromatic carbocycles. The Morgan fingerprint density at radius 1 is 1.47 bits per heavy atom. The summed E-state index contributed by atoms with van der Waals surface area (Å²) in [6.45, 7) is 1.98. The standard InChI is InChI=1S/C11H21NO3/c1-11(12,10(13)14)7-8-15-9-5-3-2-4-6-9/h9H,2-8,12H2,1H3,(H,13,14). The van der Waals surface area contributed by atoms with Crippen molar-refractivity contribution in [2.75, 3.05) is 6.61 Å². The zero-order valence-corrected chi connectivity index (χ0v) is 9.37. The van der Waals surface area contributed by atoms with Gasteiger partial charge in [0.05, 0.1) is 6.10 Å². The molecule has 1 aliphatic carbocycles. The van der Waals surface area contributed by atoms with Crippen molar-refractivity contribution in [3.8, 4) is 0 Å². The Kier molecular flexibility index (Phi) is 4.54. The van der Waals surface area contributed by atoms with E-state index in [0.717, 1.165) is 12.8 Å². The minimum absolute atomic E-state index is 0.323. The Hall–Kier alpha value is -0.610. The molecule has 1 atom stereocenters. The lowest BCUT2D eigenvalue weighted by Gasteiger charge is -2.24. The van der Waals surface area contributed by atoms with Gasteiger partial charge in [0, 0.05) is 6.61 Å². The Labute approximate surface area is 90.8 Å². The summed E-state index contributed by atoms with van der Waals surface area (Å²) in [4.78, 5) is 10.7. The fourth-order valence-corrected chi connectivity index (χ4v) is 1.78. The molecule has 15 heavy (non-hydrogen) atoms. The quantitative estimate of drug-likeness (QED) is 0.729. The number of carbonyl (C=O) groups is 1. The molecule has 0 aromatic heterocycles. The molecule has 0 radical (unpaired) electrons. The first-order chi connectivity index (χ1) is 7.02. The van der Waals surface area contributed by atoms with Gasteiger partial charge in [0.2, 0.25) is 0 Å². The van der Waals surface area contributed by atoms with Crippen molar-refractivity contribution >= 4 is 5.97 Å². The molecule has 4 heteroatoms. The van der Waals surface area contributed by atoms with Crippen LogP contribution in [-0.4, -0.2) is 29.3 Å². The highest BCUT2D eigenvalue weighted by atomic mass is 16.5. The van der Waals surface area contributed by atoms with E-state index in [0.29, 0.717) is 19.1 Å². The molecule has 4 nitrogen and oxygen atoms in total. The predicted molar refractivity (Wildman–Crippen MR) is 57.7 cm³/mol. The second-order valence-electron chi connectivity index (χ2n) is 4.60. The summed E-state index contributed by atoms with van der Waals surface area (Å²) in [6.07, 6.45) is 6.65. The topological polar surface area (TPSA) is 72.5 Å². The monoisotopic (exact) mass is 215 g/mol. The maximum atomic E-state index is 10.7. The number of carboxylic acid groups (broad SMARTS) is 1. The summed E-state index contributed by atoms with van der Waals surface area (Å²) in [6, 6.07) is 0. The van der Waals surface area contributed by atoms with Gasteiger partial charge >= 0.3 is 5.97 Å². The summed E-state index contributed by atoms with van der Waals surface area (Å²) < 4.78 is 5.63. The molecule has 0 bridgehead atoms. The Balaban J connectivity index is 2.17. The van der Waals surface area contributed by atoms with E-state index in [1.54, 1.807) is 0 Å². The molecular weight excluding hydrogens is 194 g/mol. The van der Waals surface area contributed by atoms with Crippen molar-refractivity contribution in [1.29, 1.82) is 0 Å². The van der Waals surface area contributed by atoms with Gasteiger partial charge in [0.15, 0.2) is 0 Å². The Bertz CT molecular complexity index is 210. The summed E-state index contributed by atoms with van der Waals surface area (Å²) in [7, 11) is 0. The molecule has 0 aromatic rings. The number of rotatable bonds is 5. The van der Waals surface area contributed by atoms with Crippen molar-refractivity contribution in [2.24, 2.45) is 5.73 Å². The molecule has 0 saturated heterocycles. The van der Waals surface area contributed by atoms with E-state index in [4.69, 9.17) is 15.6 Å². The molecule has 1 aliphatic rings. The molecule has 1 saturated carbocycles. The van der Waals surface area contributed by atoms with Crippen LogP contribution >= 0.6 is 0 Å². The Morgan fingerprint density at radius 2 is 2.07 bits per heavy atom. The highest BCUT2D eigenvalue weighted by molar-refractivity contribution is 5.77. The highest BCUT2D eigenvalue weighted by Crippen LogP contribution is 2.20. The minimum atomic E-state index is -1.16. The third kappa shape index (κ3) is 4.18. The van der Waals surface area contributed by atoms with Gasteiger partial charge in [-0.3, -0.25) is 4.79 Å². The lowest BCUT2D eigenvalue weighted by molar-refractivity contribution is -0.143. The third-order valence-corrected chi connectivity index (χ3v) is 3.02. The summed E-state index contributed by atoms with van der Waals surface area (Å²) in [5, 5.41) is 8.80. The van der Waals surface area contributed by atoms with Crippen LogP contribution in [0.15, 0.2) is 0 Å². The van der Waals surface area contributed by atoms with Gasteiger partial charge in [-0.15, -0.1) is 0 Å². The van der Waals surface area contributed by atoms with Crippen LogP contribution in [-0.2, 0) is 9.53 Å². The van der Waals surface area contributed by atoms with Gasteiger partial charge in [-0.25, -0.2) is 0 Å². The van der Waals surface area contributed by atoms with Crippen LogP contribution < -0.4 is 5.73 Å². The van der Waals surface area contributed by atoms with Gasteiger partial charge in [-0.2, -0.15) is 0 Å². The zero-order chi connectivity index (χ0) is 11.3. The average molecular weight is 215 g/mol. The number of ether oxygens (including phenoxy) is 1. The number of hydrogen-bond donors (Lipinski definition) is 2. The van der Waals surface area contributed by atoms with E-state index in [1.807, 2.05) is 0 Å². The third-order valence-electron chi connectivity index (χ3n) is 3.02. The molecule has 0 heterocycles. The molecule has 0 spiro atoms. The molecule has 1 fully saturated rings. The van der Waals surface area contributed by atoms with Crippen molar-refractivity contribution in [3.05, 3.63) is 0 Å². The van der Waals surface area contributed by atoms with Gasteiger partial charge in [-0.05, 0) is 26.2 Å². The van der Waals surface area contributed by atoms with Crippen LogP contribution in [0.4, 0.5) is 0 Å². The lowest BCUT2D eigenvalue weighted by atomic mass is 9.97. The number of nitrogens with two attached hydrogens (primary N) is 1. The first-order valence-electron chi connectivity index (χ1n) is 5.66. The summed E-state index contributed by atoms with van der Waals surface area (Å²) in [5.41, 5.74) is 4.44. The normalized spacial score (nSPS) is 22.3. The van der Waals surface area contributed by atoms with Gasteiger partial charge in [0.1, 0.15) is 5.54 Å². The first-order valence-corrected chi connectivity index (χ1v) is 5.66. The lowest BCUT2D eigenvalue weighted by Crippen LogP contribution is -2.45. The first kappa shape index (κ1) is 12.5. The Morgan fingerprint density at radius 3 is 2.60 bits per heavy atom. The van der Waals surface area contributed by atoms with Crippen LogP contribution in [0.2, 0.25) is 0 Å². The second kappa shape index (κ2) is 5.47. The predicted octanol–water partition coefficient (Wildman–Crippen LogP) is 1.53. The van der Waals surface area contributed by atoms with Gasteiger partial charge in [-0.1, -0.05) is 19.3 Å². The van der Waals surface area contributed by atoms with E-state index in [2.05, 4.69) is 0 Å². The highest BCUT2D eigenvalue weighted by Gasteiger charge is 2.27. The SMILES string of the molecule is CC(N)(CCOC1CCCCC1)C(=O)O. The minimum Gasteiger partial charge on any atom is -0.480 e. The largest absolute Gasteiger partial charge is 0.480 e. The fraction of sp³-hybridized carbons (Fsp3) is 0.909. The molecule has 0 amide bonds. The number of hydrogen-bond acceptors (Lipinski definition) is 3. The van der Waals surface area contributed by atoms with E-state index in [-0.39, 0.29) is 0 Å². The van der Waals surface area contributed by atoms with Crippen molar-refractivity contribution in [3.63, 3.8) is 0 Å². The van der Waals surface area contributed by atoms with Crippen molar-refractivity contribution in [2.45, 2.75) is 57.1 Å². The van der Waals surface area contributed by atoms with Gasteiger partial charge in [0.25, 0.3) is 0 Å². The molecule has 3 N–H and O–H groups in total. The number of carboxylic acids is 1. The molecule has 0 aliphatic heterocycles. The van der Waals surface area contributed by atoms with Crippen molar-refractivity contribution in [1.82, 2.24) is 0 Å². The smallest absolute Gasteiger partial charge is 0.323 e. The maximum Gasteiger partial charge on any atom is 0.323 e. The summed E-state index contributed by atoms with van der Waals surface area (Å²) in [5.74, 6) is -0.963. The van der Waals surface area contributed by atoms with Crippen LogP contribution in [0.1, 0.15) is 45.4 Å². The molecular formula is C11H21NO3. The van der Waals surface area contributed by atoms with Crippen LogP contribution in [0.25, 0.3) is 0 Å². The maximum absolute atomic E-state index is 10.7. The van der Waals surface area contributed by atoms with E-state index in [9.17, 15) is 4.79 Å². The van der Waals surface area contributed by atoms with E-state index < -0.39 is 11.5 Å². The van der Waals surface area contributed by atoms with Gasteiger partial charge < -0.3 is 15.6 Å². The zero-order valence-electron chi connectivity index (χ0n) is 9.37. The summed E-state index contributed by atoms with van der Waals surface area (Å²) >= 11 is 0. The van der Waals surface area contributed by atoms with E-state index >= 15 is 0 Å². The van der Waals surface area contributed by atoms with E-state index in [1.165, 1.54) is 26.2 Å². The molecule has 1 unspecified atom stereocenters.